The average Bonchev–Trinajstić information content (AvgIpc) is 2.35. The van der Waals surface area contributed by atoms with Crippen LogP contribution in [0.15, 0.2) is 36.7 Å². The zero-order valence-electron chi connectivity index (χ0n) is 9.64. The summed E-state index contributed by atoms with van der Waals surface area (Å²) in [5.41, 5.74) is 1.74. The van der Waals surface area contributed by atoms with Gasteiger partial charge in [0.2, 0.25) is 0 Å². The first kappa shape index (κ1) is 12.4. The van der Waals surface area contributed by atoms with Crippen molar-refractivity contribution in [2.24, 2.45) is 0 Å². The monoisotopic (exact) mass is 262 g/mol. The van der Waals surface area contributed by atoms with Crippen LogP contribution in [0.1, 0.15) is 15.9 Å². The lowest BCUT2D eigenvalue weighted by Crippen LogP contribution is -2.13. The van der Waals surface area contributed by atoms with Gasteiger partial charge in [0.1, 0.15) is 5.75 Å². The number of halogens is 1. The molecule has 4 nitrogen and oxygen atoms in total. The van der Waals surface area contributed by atoms with E-state index >= 15 is 0 Å². The number of phenolic OH excluding ortho intramolecular Hbond substituents is 1. The molecule has 2 N–H and O–H groups in total. The number of aromatic hydroxyl groups is 1. The third kappa shape index (κ3) is 2.60. The van der Waals surface area contributed by atoms with Crippen LogP contribution < -0.4 is 5.32 Å². The second kappa shape index (κ2) is 5.06. The number of carbonyl (C=O) groups is 1. The Labute approximate surface area is 109 Å². The first-order valence-electron chi connectivity index (χ1n) is 5.28. The Morgan fingerprint density at radius 1 is 1.39 bits per heavy atom. The number of hydrogen-bond donors (Lipinski definition) is 2. The van der Waals surface area contributed by atoms with Crippen LogP contribution in [0.5, 0.6) is 5.75 Å². The predicted octanol–water partition coefficient (Wildman–Crippen LogP) is 3.00. The molecule has 2 aromatic rings. The van der Waals surface area contributed by atoms with Crippen molar-refractivity contribution in [3.05, 3.63) is 52.8 Å². The maximum absolute atomic E-state index is 12.0. The van der Waals surface area contributed by atoms with Crippen LogP contribution in [0, 0.1) is 6.92 Å². The van der Waals surface area contributed by atoms with Crippen molar-refractivity contribution in [2.75, 3.05) is 5.32 Å². The summed E-state index contributed by atoms with van der Waals surface area (Å²) in [7, 11) is 0. The molecule has 1 heterocycles. The number of anilines is 1. The summed E-state index contributed by atoms with van der Waals surface area (Å²) in [6, 6.07) is 5.93. The van der Waals surface area contributed by atoms with Crippen LogP contribution in [-0.2, 0) is 0 Å². The van der Waals surface area contributed by atoms with Gasteiger partial charge in [-0.2, -0.15) is 0 Å². The molecule has 0 atom stereocenters. The van der Waals surface area contributed by atoms with Crippen LogP contribution in [0.3, 0.4) is 0 Å². The Bertz CT molecular complexity index is 599. The van der Waals surface area contributed by atoms with Crippen LogP contribution >= 0.6 is 11.6 Å². The fourth-order valence-corrected chi connectivity index (χ4v) is 1.69. The van der Waals surface area contributed by atoms with E-state index in [4.69, 9.17) is 11.6 Å². The summed E-state index contributed by atoms with van der Waals surface area (Å²) < 4.78 is 0. The summed E-state index contributed by atoms with van der Waals surface area (Å²) in [4.78, 5) is 16.0. The number of aryl methyl sites for hydroxylation is 1. The van der Waals surface area contributed by atoms with Gasteiger partial charge in [0.25, 0.3) is 5.91 Å². The topological polar surface area (TPSA) is 62.2 Å². The van der Waals surface area contributed by atoms with E-state index in [0.29, 0.717) is 5.69 Å². The van der Waals surface area contributed by atoms with Gasteiger partial charge >= 0.3 is 0 Å². The van der Waals surface area contributed by atoms with Crippen molar-refractivity contribution in [3.63, 3.8) is 0 Å². The lowest BCUT2D eigenvalue weighted by atomic mass is 10.2. The molecule has 0 saturated heterocycles. The number of hydrogen-bond acceptors (Lipinski definition) is 3. The molecule has 0 fully saturated rings. The van der Waals surface area contributed by atoms with Crippen molar-refractivity contribution in [1.82, 2.24) is 4.98 Å². The standard InChI is InChI=1S/C13H11ClN2O2/c1-8-7-15-5-4-12(8)16-13(18)10-6-9(17)2-3-11(10)14/h2-7,17H,1H3,(H,15,16,18). The van der Waals surface area contributed by atoms with E-state index < -0.39 is 0 Å². The highest BCUT2D eigenvalue weighted by Gasteiger charge is 2.12. The van der Waals surface area contributed by atoms with Crippen molar-refractivity contribution in [2.45, 2.75) is 6.92 Å². The SMILES string of the molecule is Cc1cnccc1NC(=O)c1cc(O)ccc1Cl. The molecule has 2 rings (SSSR count). The maximum Gasteiger partial charge on any atom is 0.257 e. The zero-order chi connectivity index (χ0) is 13.1. The number of rotatable bonds is 2. The number of phenols is 1. The minimum atomic E-state index is -0.370. The van der Waals surface area contributed by atoms with Gasteiger partial charge in [0, 0.05) is 18.1 Å². The molecule has 0 aliphatic heterocycles. The number of pyridine rings is 1. The van der Waals surface area contributed by atoms with Crippen molar-refractivity contribution in [3.8, 4) is 5.75 Å². The summed E-state index contributed by atoms with van der Waals surface area (Å²) in [5, 5.41) is 12.4. The highest BCUT2D eigenvalue weighted by atomic mass is 35.5. The van der Waals surface area contributed by atoms with Gasteiger partial charge < -0.3 is 10.4 Å². The molecule has 92 valence electrons. The Kier molecular flexibility index (Phi) is 3.48. The van der Waals surface area contributed by atoms with E-state index in [1.807, 2.05) is 6.92 Å². The van der Waals surface area contributed by atoms with E-state index in [1.54, 1.807) is 18.5 Å². The largest absolute Gasteiger partial charge is 0.508 e. The smallest absolute Gasteiger partial charge is 0.257 e. The number of amides is 1. The van der Waals surface area contributed by atoms with Gasteiger partial charge in [-0.25, -0.2) is 0 Å². The third-order valence-electron chi connectivity index (χ3n) is 2.46. The minimum Gasteiger partial charge on any atom is -0.508 e. The number of nitrogens with one attached hydrogen (secondary N) is 1. The summed E-state index contributed by atoms with van der Waals surface area (Å²) in [5.74, 6) is -0.374. The average molecular weight is 263 g/mol. The maximum atomic E-state index is 12.0. The third-order valence-corrected chi connectivity index (χ3v) is 2.79. The molecular formula is C13H11ClN2O2. The van der Waals surface area contributed by atoms with Gasteiger partial charge in [0.05, 0.1) is 10.6 Å². The first-order valence-corrected chi connectivity index (χ1v) is 5.66. The van der Waals surface area contributed by atoms with Crippen LogP contribution in [-0.4, -0.2) is 16.0 Å². The number of nitrogens with zero attached hydrogens (tertiary/aromatic N) is 1. The summed E-state index contributed by atoms with van der Waals surface area (Å²) in [6.45, 7) is 1.84. The second-order valence-corrected chi connectivity index (χ2v) is 4.22. The Morgan fingerprint density at radius 3 is 2.89 bits per heavy atom. The zero-order valence-corrected chi connectivity index (χ0v) is 10.4. The highest BCUT2D eigenvalue weighted by Crippen LogP contribution is 2.22. The summed E-state index contributed by atoms with van der Waals surface area (Å²) in [6.07, 6.45) is 3.24. The second-order valence-electron chi connectivity index (χ2n) is 3.81. The van der Waals surface area contributed by atoms with Gasteiger partial charge in [-0.3, -0.25) is 9.78 Å². The molecule has 0 bridgehead atoms. The quantitative estimate of drug-likeness (QED) is 0.875. The van der Waals surface area contributed by atoms with E-state index in [-0.39, 0.29) is 22.2 Å². The number of benzene rings is 1. The Balaban J connectivity index is 2.28. The van der Waals surface area contributed by atoms with Gasteiger partial charge in [-0.05, 0) is 36.8 Å². The predicted molar refractivity (Wildman–Crippen MR) is 70.0 cm³/mol. The lowest BCUT2D eigenvalue weighted by Gasteiger charge is -2.09. The van der Waals surface area contributed by atoms with Gasteiger partial charge in [0.15, 0.2) is 0 Å². The molecule has 0 spiro atoms. The Hall–Kier alpha value is -2.07. The molecular weight excluding hydrogens is 252 g/mol. The van der Waals surface area contributed by atoms with Gasteiger partial charge in [-0.1, -0.05) is 11.6 Å². The van der Waals surface area contributed by atoms with Crippen molar-refractivity contribution >= 4 is 23.2 Å². The van der Waals surface area contributed by atoms with E-state index in [1.165, 1.54) is 18.2 Å². The molecule has 5 heteroatoms. The molecule has 0 saturated carbocycles. The fraction of sp³-hybridized carbons (Fsp3) is 0.0769. The molecule has 1 amide bonds. The molecule has 0 aliphatic carbocycles. The first-order chi connectivity index (χ1) is 8.58. The minimum absolute atomic E-state index is 0.00370. The van der Waals surface area contributed by atoms with Crippen LogP contribution in [0.2, 0.25) is 5.02 Å². The molecule has 0 unspecified atom stereocenters. The van der Waals surface area contributed by atoms with E-state index in [0.717, 1.165) is 5.56 Å². The van der Waals surface area contributed by atoms with Gasteiger partial charge in [-0.15, -0.1) is 0 Å². The molecule has 18 heavy (non-hydrogen) atoms. The molecule has 0 radical (unpaired) electrons. The lowest BCUT2D eigenvalue weighted by molar-refractivity contribution is 0.102. The van der Waals surface area contributed by atoms with Crippen LogP contribution in [0.4, 0.5) is 5.69 Å². The van der Waals surface area contributed by atoms with Crippen LogP contribution in [0.25, 0.3) is 0 Å². The normalized spacial score (nSPS) is 10.1. The highest BCUT2D eigenvalue weighted by molar-refractivity contribution is 6.34. The number of carbonyl (C=O) groups excluding carboxylic acids is 1. The van der Waals surface area contributed by atoms with Crippen molar-refractivity contribution in [1.29, 1.82) is 0 Å². The Morgan fingerprint density at radius 2 is 2.17 bits per heavy atom. The number of aromatic nitrogens is 1. The molecule has 0 aliphatic rings. The molecule has 1 aromatic heterocycles. The van der Waals surface area contributed by atoms with E-state index in [2.05, 4.69) is 10.3 Å². The van der Waals surface area contributed by atoms with E-state index in [9.17, 15) is 9.90 Å². The molecule has 1 aromatic carbocycles. The summed E-state index contributed by atoms with van der Waals surface area (Å²) >= 11 is 5.91. The fourth-order valence-electron chi connectivity index (χ4n) is 1.49. The van der Waals surface area contributed by atoms with Crippen molar-refractivity contribution < 1.29 is 9.90 Å².